The fourth-order valence-electron chi connectivity index (χ4n) is 2.39. The standard InChI is InChI=1S/C13H18ClNO2/c1-16-12-10(9-4-3-7-15-8-9)5-6-11(14)13(12)17-2/h5-6,9,15H,3-4,7-8H2,1-2H3. The van der Waals surface area contributed by atoms with E-state index >= 15 is 0 Å². The zero-order valence-electron chi connectivity index (χ0n) is 10.3. The number of hydrogen-bond acceptors (Lipinski definition) is 3. The molecule has 94 valence electrons. The van der Waals surface area contributed by atoms with Gasteiger partial charge in [0.25, 0.3) is 0 Å². The summed E-state index contributed by atoms with van der Waals surface area (Å²) in [5.41, 5.74) is 1.18. The molecule has 1 aromatic rings. The van der Waals surface area contributed by atoms with Gasteiger partial charge in [-0.2, -0.15) is 0 Å². The van der Waals surface area contributed by atoms with Crippen LogP contribution in [0, 0.1) is 0 Å². The third-order valence-corrected chi connectivity index (χ3v) is 3.54. The van der Waals surface area contributed by atoms with Gasteiger partial charge < -0.3 is 14.8 Å². The molecule has 1 unspecified atom stereocenters. The van der Waals surface area contributed by atoms with Gasteiger partial charge in [0, 0.05) is 18.0 Å². The predicted molar refractivity (Wildman–Crippen MR) is 69.4 cm³/mol. The van der Waals surface area contributed by atoms with Crippen molar-refractivity contribution in [3.05, 3.63) is 22.7 Å². The van der Waals surface area contributed by atoms with Gasteiger partial charge in [0.15, 0.2) is 11.5 Å². The molecular weight excluding hydrogens is 238 g/mol. The summed E-state index contributed by atoms with van der Waals surface area (Å²) in [6, 6.07) is 3.92. The molecule has 1 fully saturated rings. The number of rotatable bonds is 3. The van der Waals surface area contributed by atoms with Gasteiger partial charge in [-0.3, -0.25) is 0 Å². The van der Waals surface area contributed by atoms with Crippen LogP contribution in [-0.2, 0) is 0 Å². The molecule has 1 N–H and O–H groups in total. The Balaban J connectivity index is 2.38. The van der Waals surface area contributed by atoms with Crippen LogP contribution in [-0.4, -0.2) is 27.3 Å². The Labute approximate surface area is 107 Å². The number of methoxy groups -OCH3 is 2. The maximum atomic E-state index is 6.10. The van der Waals surface area contributed by atoms with Gasteiger partial charge in [-0.05, 0) is 25.5 Å². The van der Waals surface area contributed by atoms with Crippen molar-refractivity contribution in [3.8, 4) is 11.5 Å². The first kappa shape index (κ1) is 12.5. The van der Waals surface area contributed by atoms with Gasteiger partial charge >= 0.3 is 0 Å². The highest BCUT2D eigenvalue weighted by Crippen LogP contribution is 2.42. The van der Waals surface area contributed by atoms with E-state index in [2.05, 4.69) is 5.32 Å². The average Bonchev–Trinajstić information content (AvgIpc) is 2.39. The first-order valence-electron chi connectivity index (χ1n) is 5.89. The highest BCUT2D eigenvalue weighted by molar-refractivity contribution is 6.32. The highest BCUT2D eigenvalue weighted by atomic mass is 35.5. The van der Waals surface area contributed by atoms with Gasteiger partial charge in [0.2, 0.25) is 0 Å². The van der Waals surface area contributed by atoms with Gasteiger partial charge in [-0.1, -0.05) is 17.7 Å². The molecule has 17 heavy (non-hydrogen) atoms. The summed E-state index contributed by atoms with van der Waals surface area (Å²) >= 11 is 6.10. The molecule has 3 nitrogen and oxygen atoms in total. The van der Waals surface area contributed by atoms with E-state index in [0.717, 1.165) is 18.8 Å². The van der Waals surface area contributed by atoms with E-state index in [1.165, 1.54) is 18.4 Å². The van der Waals surface area contributed by atoms with Gasteiger partial charge in [0.1, 0.15) is 0 Å². The first-order valence-corrected chi connectivity index (χ1v) is 6.26. The molecule has 1 heterocycles. The van der Waals surface area contributed by atoms with Gasteiger partial charge in [-0.25, -0.2) is 0 Å². The van der Waals surface area contributed by atoms with Gasteiger partial charge in [0.05, 0.1) is 19.2 Å². The van der Waals surface area contributed by atoms with Crippen molar-refractivity contribution < 1.29 is 9.47 Å². The molecule has 1 aliphatic rings. The predicted octanol–water partition coefficient (Wildman–Crippen LogP) is 2.82. The van der Waals surface area contributed by atoms with Crippen LogP contribution in [0.2, 0.25) is 5.02 Å². The van der Waals surface area contributed by atoms with Crippen LogP contribution >= 0.6 is 11.6 Å². The van der Waals surface area contributed by atoms with Crippen molar-refractivity contribution in [2.24, 2.45) is 0 Å². The maximum Gasteiger partial charge on any atom is 0.179 e. The van der Waals surface area contributed by atoms with E-state index in [4.69, 9.17) is 21.1 Å². The maximum absolute atomic E-state index is 6.10. The third-order valence-electron chi connectivity index (χ3n) is 3.24. The summed E-state index contributed by atoms with van der Waals surface area (Å²) in [6.45, 7) is 2.09. The van der Waals surface area contributed by atoms with Crippen LogP contribution in [0.3, 0.4) is 0 Å². The summed E-state index contributed by atoms with van der Waals surface area (Å²) in [5.74, 6) is 1.89. The van der Waals surface area contributed by atoms with Gasteiger partial charge in [-0.15, -0.1) is 0 Å². The second-order valence-corrected chi connectivity index (χ2v) is 4.65. The Hall–Kier alpha value is -0.930. The summed E-state index contributed by atoms with van der Waals surface area (Å²) in [6.07, 6.45) is 2.37. The monoisotopic (exact) mass is 255 g/mol. The number of halogens is 1. The average molecular weight is 256 g/mol. The summed E-state index contributed by atoms with van der Waals surface area (Å²) in [5, 5.41) is 4.00. The smallest absolute Gasteiger partial charge is 0.179 e. The fraction of sp³-hybridized carbons (Fsp3) is 0.538. The number of piperidine rings is 1. The van der Waals surface area contributed by atoms with Crippen molar-refractivity contribution in [3.63, 3.8) is 0 Å². The lowest BCUT2D eigenvalue weighted by molar-refractivity contribution is 0.345. The lowest BCUT2D eigenvalue weighted by Gasteiger charge is -2.25. The van der Waals surface area contributed by atoms with E-state index in [0.29, 0.717) is 16.7 Å². The number of ether oxygens (including phenoxy) is 2. The van der Waals surface area contributed by atoms with Crippen molar-refractivity contribution in [2.45, 2.75) is 18.8 Å². The normalized spacial score (nSPS) is 20.1. The summed E-state index contributed by atoms with van der Waals surface area (Å²) < 4.78 is 10.8. The van der Waals surface area contributed by atoms with Crippen molar-refractivity contribution in [1.29, 1.82) is 0 Å². The SMILES string of the molecule is COc1c(Cl)ccc(C2CCCNC2)c1OC. The zero-order valence-corrected chi connectivity index (χ0v) is 11.0. The first-order chi connectivity index (χ1) is 8.27. The largest absolute Gasteiger partial charge is 0.493 e. The van der Waals surface area contributed by atoms with E-state index in [9.17, 15) is 0 Å². The van der Waals surface area contributed by atoms with Crippen molar-refractivity contribution in [1.82, 2.24) is 5.32 Å². The molecular formula is C13H18ClNO2. The molecule has 0 saturated carbocycles. The van der Waals surface area contributed by atoms with E-state index in [-0.39, 0.29) is 0 Å². The van der Waals surface area contributed by atoms with Crippen molar-refractivity contribution in [2.75, 3.05) is 27.3 Å². The molecule has 1 atom stereocenters. The molecule has 0 bridgehead atoms. The molecule has 0 aromatic heterocycles. The fourth-order valence-corrected chi connectivity index (χ4v) is 2.62. The molecule has 0 spiro atoms. The Morgan fingerprint density at radius 2 is 2.00 bits per heavy atom. The molecule has 1 saturated heterocycles. The second kappa shape index (κ2) is 5.61. The Kier molecular flexibility index (Phi) is 4.13. The van der Waals surface area contributed by atoms with Crippen LogP contribution in [0.5, 0.6) is 11.5 Å². The van der Waals surface area contributed by atoms with Crippen LogP contribution in [0.15, 0.2) is 12.1 Å². The molecule has 2 rings (SSSR count). The second-order valence-electron chi connectivity index (χ2n) is 4.25. The quantitative estimate of drug-likeness (QED) is 0.901. The molecule has 1 aromatic carbocycles. The Morgan fingerprint density at radius 1 is 1.24 bits per heavy atom. The van der Waals surface area contributed by atoms with Crippen LogP contribution in [0.25, 0.3) is 0 Å². The lowest BCUT2D eigenvalue weighted by Crippen LogP contribution is -2.28. The molecule has 0 amide bonds. The molecule has 0 radical (unpaired) electrons. The Bertz CT molecular complexity index is 389. The van der Waals surface area contributed by atoms with Crippen molar-refractivity contribution >= 4 is 11.6 Å². The zero-order chi connectivity index (χ0) is 12.3. The van der Waals surface area contributed by atoms with E-state index < -0.39 is 0 Å². The molecule has 0 aliphatic carbocycles. The number of hydrogen-bond donors (Lipinski definition) is 1. The van der Waals surface area contributed by atoms with E-state index in [1.54, 1.807) is 14.2 Å². The summed E-state index contributed by atoms with van der Waals surface area (Å²) in [4.78, 5) is 0. The highest BCUT2D eigenvalue weighted by Gasteiger charge is 2.22. The minimum absolute atomic E-state index is 0.477. The number of benzene rings is 1. The van der Waals surface area contributed by atoms with Crippen LogP contribution < -0.4 is 14.8 Å². The number of nitrogens with one attached hydrogen (secondary N) is 1. The lowest BCUT2D eigenvalue weighted by atomic mass is 9.91. The van der Waals surface area contributed by atoms with Crippen LogP contribution in [0.4, 0.5) is 0 Å². The van der Waals surface area contributed by atoms with E-state index in [1.807, 2.05) is 12.1 Å². The molecule has 1 aliphatic heterocycles. The third kappa shape index (κ3) is 2.50. The minimum atomic E-state index is 0.477. The topological polar surface area (TPSA) is 30.5 Å². The van der Waals surface area contributed by atoms with Crippen LogP contribution in [0.1, 0.15) is 24.3 Å². The Morgan fingerprint density at radius 3 is 2.59 bits per heavy atom. The summed E-state index contributed by atoms with van der Waals surface area (Å²) in [7, 11) is 3.28. The minimum Gasteiger partial charge on any atom is -0.493 e. The molecule has 4 heteroatoms.